The van der Waals surface area contributed by atoms with Gasteiger partial charge in [-0.05, 0) is 25.0 Å². The lowest BCUT2D eigenvalue weighted by atomic mass is 10.1. The summed E-state index contributed by atoms with van der Waals surface area (Å²) in [6.45, 7) is 1.80. The van der Waals surface area contributed by atoms with Crippen molar-refractivity contribution in [3.8, 4) is 0 Å². The van der Waals surface area contributed by atoms with E-state index in [0.29, 0.717) is 11.5 Å². The lowest BCUT2D eigenvalue weighted by Crippen LogP contribution is -2.33. The second-order valence-corrected chi connectivity index (χ2v) is 5.17. The highest BCUT2D eigenvalue weighted by Crippen LogP contribution is 2.39. The first kappa shape index (κ1) is 13.5. The lowest BCUT2D eigenvalue weighted by Gasteiger charge is -2.19. The molecule has 0 saturated heterocycles. The van der Waals surface area contributed by atoms with Gasteiger partial charge >= 0.3 is 5.97 Å². The van der Waals surface area contributed by atoms with Crippen molar-refractivity contribution < 1.29 is 14.7 Å². The number of carbonyl (C=O) groups excluding carboxylic acids is 1. The first-order valence-electron chi connectivity index (χ1n) is 6.43. The summed E-state index contributed by atoms with van der Waals surface area (Å²) in [5.74, 6) is -1.12. The van der Waals surface area contributed by atoms with Crippen molar-refractivity contribution in [2.45, 2.75) is 25.7 Å². The average Bonchev–Trinajstić information content (AvgIpc) is 3.22. The fraction of sp³-hybridized carbons (Fsp3) is 0.500. The Balaban J connectivity index is 2.05. The highest BCUT2D eigenvalue weighted by Gasteiger charge is 2.26. The second kappa shape index (κ2) is 5.38. The molecule has 1 amide bonds. The Morgan fingerprint density at radius 1 is 1.53 bits per heavy atom. The minimum atomic E-state index is -0.895. The van der Waals surface area contributed by atoms with Crippen molar-refractivity contribution >= 4 is 11.9 Å². The molecule has 0 radical (unpaired) electrons. The third-order valence-electron chi connectivity index (χ3n) is 3.34. The van der Waals surface area contributed by atoms with Crippen molar-refractivity contribution in [3.63, 3.8) is 0 Å². The van der Waals surface area contributed by atoms with Gasteiger partial charge in [0.2, 0.25) is 0 Å². The van der Waals surface area contributed by atoms with E-state index in [-0.39, 0.29) is 12.5 Å². The molecule has 0 spiro atoms. The number of carboxylic acids is 1. The Morgan fingerprint density at radius 3 is 2.79 bits per heavy atom. The predicted octanol–water partition coefficient (Wildman–Crippen LogP) is 1.75. The van der Waals surface area contributed by atoms with Crippen LogP contribution in [0.15, 0.2) is 18.3 Å². The molecule has 1 unspecified atom stereocenters. The normalized spacial score (nSPS) is 15.9. The molecule has 1 atom stereocenters. The molecule has 0 bridgehead atoms. The molecule has 1 N–H and O–H groups in total. The van der Waals surface area contributed by atoms with Gasteiger partial charge in [0.25, 0.3) is 5.91 Å². The maximum Gasteiger partial charge on any atom is 0.308 e. The Labute approximate surface area is 112 Å². The summed E-state index contributed by atoms with van der Waals surface area (Å²) in [4.78, 5) is 28.7. The minimum Gasteiger partial charge on any atom is -0.481 e. The Morgan fingerprint density at radius 2 is 2.21 bits per heavy atom. The zero-order valence-corrected chi connectivity index (χ0v) is 11.2. The molecule has 1 aromatic heterocycles. The van der Waals surface area contributed by atoms with Crippen LogP contribution in [0.2, 0.25) is 0 Å². The van der Waals surface area contributed by atoms with Gasteiger partial charge in [-0.3, -0.25) is 14.6 Å². The smallest absolute Gasteiger partial charge is 0.308 e. The van der Waals surface area contributed by atoms with E-state index in [0.717, 1.165) is 18.5 Å². The van der Waals surface area contributed by atoms with E-state index in [1.165, 1.54) is 4.90 Å². The highest BCUT2D eigenvalue weighted by molar-refractivity contribution is 5.94. The third-order valence-corrected chi connectivity index (χ3v) is 3.34. The van der Waals surface area contributed by atoms with Gasteiger partial charge in [0.15, 0.2) is 0 Å². The van der Waals surface area contributed by atoms with Crippen LogP contribution in [0, 0.1) is 5.92 Å². The molecule has 1 fully saturated rings. The molecular weight excluding hydrogens is 244 g/mol. The molecule has 0 aromatic carbocycles. The minimum absolute atomic E-state index is 0.155. The number of carboxylic acid groups (broad SMARTS) is 1. The van der Waals surface area contributed by atoms with Gasteiger partial charge < -0.3 is 10.0 Å². The van der Waals surface area contributed by atoms with E-state index in [1.54, 1.807) is 26.2 Å². The van der Waals surface area contributed by atoms with E-state index in [1.807, 2.05) is 6.07 Å². The first-order valence-corrected chi connectivity index (χ1v) is 6.43. The summed E-state index contributed by atoms with van der Waals surface area (Å²) in [6, 6.07) is 3.50. The van der Waals surface area contributed by atoms with Crippen LogP contribution < -0.4 is 0 Å². The lowest BCUT2D eigenvalue weighted by molar-refractivity contribution is -0.141. The van der Waals surface area contributed by atoms with Crippen LogP contribution >= 0.6 is 0 Å². The Hall–Kier alpha value is -1.91. The molecule has 19 heavy (non-hydrogen) atoms. The number of aliphatic carboxylic acids is 1. The molecule has 102 valence electrons. The van der Waals surface area contributed by atoms with Crippen LogP contribution in [0.1, 0.15) is 41.7 Å². The van der Waals surface area contributed by atoms with E-state index < -0.39 is 11.9 Å². The summed E-state index contributed by atoms with van der Waals surface area (Å²) >= 11 is 0. The molecule has 5 nitrogen and oxygen atoms in total. The average molecular weight is 262 g/mol. The molecule has 1 aliphatic carbocycles. The summed E-state index contributed by atoms with van der Waals surface area (Å²) < 4.78 is 0. The first-order chi connectivity index (χ1) is 8.99. The SMILES string of the molecule is CC(CN(C)C(=O)c1ccnc(C2CC2)c1)C(=O)O. The van der Waals surface area contributed by atoms with Crippen LogP contribution in [-0.2, 0) is 4.79 Å². The fourth-order valence-electron chi connectivity index (χ4n) is 1.98. The van der Waals surface area contributed by atoms with Crippen LogP contribution in [0.4, 0.5) is 0 Å². The molecule has 1 heterocycles. The van der Waals surface area contributed by atoms with E-state index >= 15 is 0 Å². The van der Waals surface area contributed by atoms with Crippen molar-refractivity contribution in [1.82, 2.24) is 9.88 Å². The van der Waals surface area contributed by atoms with Gasteiger partial charge in [-0.15, -0.1) is 0 Å². The Bertz CT molecular complexity index is 497. The van der Waals surface area contributed by atoms with Crippen LogP contribution in [0.3, 0.4) is 0 Å². The van der Waals surface area contributed by atoms with Crippen LogP contribution in [0.5, 0.6) is 0 Å². The van der Waals surface area contributed by atoms with Crippen molar-refractivity contribution in [2.75, 3.05) is 13.6 Å². The summed E-state index contributed by atoms with van der Waals surface area (Å²) in [5, 5.41) is 8.86. The summed E-state index contributed by atoms with van der Waals surface area (Å²) in [7, 11) is 1.62. The van der Waals surface area contributed by atoms with Crippen molar-refractivity contribution in [2.24, 2.45) is 5.92 Å². The zero-order valence-electron chi connectivity index (χ0n) is 11.2. The number of aromatic nitrogens is 1. The number of hydrogen-bond acceptors (Lipinski definition) is 3. The molecular formula is C14H18N2O3. The van der Waals surface area contributed by atoms with Crippen LogP contribution in [0.25, 0.3) is 0 Å². The zero-order chi connectivity index (χ0) is 14.0. The fourth-order valence-corrected chi connectivity index (χ4v) is 1.98. The van der Waals surface area contributed by atoms with Crippen molar-refractivity contribution in [1.29, 1.82) is 0 Å². The number of hydrogen-bond donors (Lipinski definition) is 1. The number of nitrogens with zero attached hydrogens (tertiary/aromatic N) is 2. The van der Waals surface area contributed by atoms with E-state index in [2.05, 4.69) is 4.98 Å². The highest BCUT2D eigenvalue weighted by atomic mass is 16.4. The standard InChI is InChI=1S/C14H18N2O3/c1-9(14(18)19)8-16(2)13(17)11-5-6-15-12(7-11)10-3-4-10/h5-7,9-10H,3-4,8H2,1-2H3,(H,18,19). The number of pyridine rings is 1. The maximum atomic E-state index is 12.2. The van der Waals surface area contributed by atoms with Gasteiger partial charge in [-0.2, -0.15) is 0 Å². The van der Waals surface area contributed by atoms with Crippen LogP contribution in [-0.4, -0.2) is 40.5 Å². The molecule has 1 saturated carbocycles. The molecule has 5 heteroatoms. The van der Waals surface area contributed by atoms with Gasteiger partial charge in [-0.1, -0.05) is 6.92 Å². The largest absolute Gasteiger partial charge is 0.481 e. The molecule has 0 aliphatic heterocycles. The third kappa shape index (κ3) is 3.30. The number of carbonyl (C=O) groups is 2. The molecule has 1 aliphatic rings. The quantitative estimate of drug-likeness (QED) is 0.877. The molecule has 2 rings (SSSR count). The summed E-state index contributed by atoms with van der Waals surface area (Å²) in [6.07, 6.45) is 3.92. The van der Waals surface area contributed by atoms with Crippen molar-refractivity contribution in [3.05, 3.63) is 29.6 Å². The monoisotopic (exact) mass is 262 g/mol. The summed E-state index contributed by atoms with van der Waals surface area (Å²) in [5.41, 5.74) is 1.54. The number of amides is 1. The number of rotatable bonds is 5. The van der Waals surface area contributed by atoms with Gasteiger partial charge in [0, 0.05) is 37.0 Å². The predicted molar refractivity (Wildman–Crippen MR) is 70.0 cm³/mol. The van der Waals surface area contributed by atoms with Gasteiger partial charge in [0.1, 0.15) is 0 Å². The second-order valence-electron chi connectivity index (χ2n) is 5.17. The topological polar surface area (TPSA) is 70.5 Å². The van der Waals surface area contributed by atoms with Gasteiger partial charge in [0.05, 0.1) is 5.92 Å². The van der Waals surface area contributed by atoms with E-state index in [4.69, 9.17) is 5.11 Å². The molecule has 1 aromatic rings. The van der Waals surface area contributed by atoms with E-state index in [9.17, 15) is 9.59 Å². The van der Waals surface area contributed by atoms with Gasteiger partial charge in [-0.25, -0.2) is 0 Å². The Kier molecular flexibility index (Phi) is 3.83. The maximum absolute atomic E-state index is 12.2.